The highest BCUT2D eigenvalue weighted by molar-refractivity contribution is 6.44. The van der Waals surface area contributed by atoms with Crippen molar-refractivity contribution in [2.75, 3.05) is 29.9 Å². The van der Waals surface area contributed by atoms with Crippen LogP contribution in [0.5, 0.6) is 0 Å². The molecule has 0 aliphatic carbocycles. The summed E-state index contributed by atoms with van der Waals surface area (Å²) in [4.78, 5) is 25.9. The summed E-state index contributed by atoms with van der Waals surface area (Å²) in [6, 6.07) is 6.26. The molecule has 0 saturated carbocycles. The van der Waals surface area contributed by atoms with Crippen LogP contribution < -0.4 is 16.0 Å². The summed E-state index contributed by atoms with van der Waals surface area (Å²) in [7, 11) is 0. The quantitative estimate of drug-likeness (QED) is 0.460. The molecule has 2 aliphatic heterocycles. The topological polar surface area (TPSA) is 111 Å². The Kier molecular flexibility index (Phi) is 8.14. The molecular weight excluding hydrogens is 485 g/mol. The standard InChI is InChI=1S/C25H33Cl2N7O/c1-15-5-3-4-10-34(15)18-8-11-33(12-9-18)21-14-30-23(22(28)24(29)35)25(32-21)31-16(2)19-7-6-17(26)13-20(19)27/h6-7,13-16,18,28H,3-5,8-12H2,1-2H3,(H2,29,35)(H,31,32). The molecule has 35 heavy (non-hydrogen) atoms. The molecule has 2 unspecified atom stereocenters. The third-order valence-corrected chi connectivity index (χ3v) is 7.70. The number of halogens is 2. The van der Waals surface area contributed by atoms with Crippen LogP contribution in [0, 0.1) is 5.41 Å². The van der Waals surface area contributed by atoms with Crippen LogP contribution in [-0.2, 0) is 4.79 Å². The Balaban J connectivity index is 1.54. The molecule has 2 aliphatic rings. The molecule has 2 atom stereocenters. The summed E-state index contributed by atoms with van der Waals surface area (Å²) in [6.07, 6.45) is 7.67. The smallest absolute Gasteiger partial charge is 0.268 e. The number of carbonyl (C=O) groups excluding carboxylic acids is 1. The van der Waals surface area contributed by atoms with Crippen molar-refractivity contribution in [2.45, 2.75) is 64.1 Å². The van der Waals surface area contributed by atoms with Crippen molar-refractivity contribution in [2.24, 2.45) is 5.73 Å². The van der Waals surface area contributed by atoms with Crippen LogP contribution in [-0.4, -0.2) is 58.2 Å². The summed E-state index contributed by atoms with van der Waals surface area (Å²) in [6.45, 7) is 7.22. The van der Waals surface area contributed by atoms with Gasteiger partial charge in [-0.05, 0) is 63.8 Å². The maximum Gasteiger partial charge on any atom is 0.268 e. The Morgan fingerprint density at radius 2 is 1.94 bits per heavy atom. The van der Waals surface area contributed by atoms with Crippen LogP contribution in [0.2, 0.25) is 10.0 Å². The summed E-state index contributed by atoms with van der Waals surface area (Å²) < 4.78 is 0. The fourth-order valence-corrected chi connectivity index (χ4v) is 5.73. The van der Waals surface area contributed by atoms with Crippen molar-refractivity contribution in [1.29, 1.82) is 5.41 Å². The minimum Gasteiger partial charge on any atom is -0.364 e. The van der Waals surface area contributed by atoms with Gasteiger partial charge in [0.1, 0.15) is 17.2 Å². The van der Waals surface area contributed by atoms with Gasteiger partial charge in [0.25, 0.3) is 5.91 Å². The van der Waals surface area contributed by atoms with E-state index in [1.54, 1.807) is 18.3 Å². The van der Waals surface area contributed by atoms with E-state index in [-0.39, 0.29) is 11.7 Å². The number of amides is 1. The van der Waals surface area contributed by atoms with Crippen LogP contribution in [0.1, 0.15) is 63.3 Å². The van der Waals surface area contributed by atoms with Gasteiger partial charge in [-0.3, -0.25) is 15.1 Å². The zero-order valence-corrected chi connectivity index (χ0v) is 21.7. The number of benzene rings is 1. The van der Waals surface area contributed by atoms with E-state index < -0.39 is 11.6 Å². The highest BCUT2D eigenvalue weighted by Gasteiger charge is 2.30. The van der Waals surface area contributed by atoms with Crippen molar-refractivity contribution < 1.29 is 4.79 Å². The number of anilines is 2. The molecule has 4 rings (SSSR count). The molecule has 3 heterocycles. The van der Waals surface area contributed by atoms with Crippen molar-refractivity contribution in [1.82, 2.24) is 14.9 Å². The summed E-state index contributed by atoms with van der Waals surface area (Å²) in [5.74, 6) is 0.188. The number of carbonyl (C=O) groups is 1. The van der Waals surface area contributed by atoms with Gasteiger partial charge in [0.2, 0.25) is 0 Å². The van der Waals surface area contributed by atoms with E-state index in [9.17, 15) is 4.79 Å². The maximum atomic E-state index is 11.8. The average molecular weight is 518 g/mol. The number of likely N-dealkylation sites (tertiary alicyclic amines) is 1. The SMILES string of the molecule is CC(Nc1nc(N2CCC(N3CCCCC3C)CC2)cnc1C(=N)C(N)=O)c1ccc(Cl)cc1Cl. The van der Waals surface area contributed by atoms with Crippen LogP contribution in [0.25, 0.3) is 0 Å². The van der Waals surface area contributed by atoms with Crippen molar-refractivity contribution in [3.05, 3.63) is 45.7 Å². The Morgan fingerprint density at radius 1 is 1.20 bits per heavy atom. The van der Waals surface area contributed by atoms with Crippen LogP contribution in [0.3, 0.4) is 0 Å². The second-order valence-corrected chi connectivity index (χ2v) is 10.3. The van der Waals surface area contributed by atoms with Crippen LogP contribution >= 0.6 is 23.2 Å². The van der Waals surface area contributed by atoms with Crippen molar-refractivity contribution in [3.8, 4) is 0 Å². The van der Waals surface area contributed by atoms with Gasteiger partial charge >= 0.3 is 0 Å². The Hall–Kier alpha value is -2.42. The van der Waals surface area contributed by atoms with E-state index in [0.717, 1.165) is 31.5 Å². The van der Waals surface area contributed by atoms with E-state index in [2.05, 4.69) is 27.0 Å². The highest BCUT2D eigenvalue weighted by Crippen LogP contribution is 2.31. The molecule has 1 amide bonds. The summed E-state index contributed by atoms with van der Waals surface area (Å²) in [5.41, 5.74) is 5.93. The summed E-state index contributed by atoms with van der Waals surface area (Å²) in [5, 5.41) is 12.5. The lowest BCUT2D eigenvalue weighted by Crippen LogP contribution is -2.50. The lowest BCUT2D eigenvalue weighted by Gasteiger charge is -2.43. The maximum absolute atomic E-state index is 11.8. The second-order valence-electron chi connectivity index (χ2n) is 9.50. The van der Waals surface area contributed by atoms with Gasteiger partial charge in [0.15, 0.2) is 5.82 Å². The Bertz CT molecular complexity index is 1090. The summed E-state index contributed by atoms with van der Waals surface area (Å²) >= 11 is 12.4. The predicted octanol–water partition coefficient (Wildman–Crippen LogP) is 4.65. The predicted molar refractivity (Wildman–Crippen MR) is 142 cm³/mol. The number of piperidine rings is 2. The number of nitrogens with zero attached hydrogens (tertiary/aromatic N) is 4. The fourth-order valence-electron chi connectivity index (χ4n) is 5.16. The first-order chi connectivity index (χ1) is 16.7. The number of primary amides is 1. The molecule has 2 aromatic rings. The van der Waals surface area contributed by atoms with E-state index in [1.165, 1.54) is 25.8 Å². The normalized spacial score (nSPS) is 20.5. The molecule has 0 bridgehead atoms. The van der Waals surface area contributed by atoms with Gasteiger partial charge in [-0.1, -0.05) is 35.7 Å². The molecule has 188 valence electrons. The van der Waals surface area contributed by atoms with E-state index >= 15 is 0 Å². The number of nitrogens with one attached hydrogen (secondary N) is 2. The number of rotatable bonds is 7. The van der Waals surface area contributed by atoms with Gasteiger partial charge < -0.3 is 16.0 Å². The number of hydrogen-bond donors (Lipinski definition) is 3. The minimum atomic E-state index is -0.858. The third-order valence-electron chi connectivity index (χ3n) is 7.14. The first-order valence-corrected chi connectivity index (χ1v) is 13.0. The van der Waals surface area contributed by atoms with Crippen molar-refractivity contribution in [3.63, 3.8) is 0 Å². The molecule has 1 aromatic carbocycles. The molecule has 2 fully saturated rings. The first kappa shape index (κ1) is 25.7. The largest absolute Gasteiger partial charge is 0.364 e. The number of hydrogen-bond acceptors (Lipinski definition) is 7. The van der Waals surface area contributed by atoms with Crippen LogP contribution in [0.4, 0.5) is 11.6 Å². The molecule has 0 spiro atoms. The zero-order valence-electron chi connectivity index (χ0n) is 20.2. The van der Waals surface area contributed by atoms with Crippen LogP contribution in [0.15, 0.2) is 24.4 Å². The zero-order chi connectivity index (χ0) is 25.1. The van der Waals surface area contributed by atoms with Gasteiger partial charge in [-0.2, -0.15) is 0 Å². The minimum absolute atomic E-state index is 0.121. The Morgan fingerprint density at radius 3 is 2.60 bits per heavy atom. The fraction of sp³-hybridized carbons (Fsp3) is 0.520. The van der Waals surface area contributed by atoms with E-state index in [4.69, 9.17) is 39.3 Å². The number of aromatic nitrogens is 2. The van der Waals surface area contributed by atoms with E-state index in [1.807, 2.05) is 13.0 Å². The first-order valence-electron chi connectivity index (χ1n) is 12.2. The van der Waals surface area contributed by atoms with Crippen molar-refractivity contribution >= 4 is 46.5 Å². The number of nitrogens with two attached hydrogens (primary N) is 1. The van der Waals surface area contributed by atoms with Gasteiger partial charge in [-0.15, -0.1) is 0 Å². The molecule has 4 N–H and O–H groups in total. The van der Waals surface area contributed by atoms with Gasteiger partial charge in [0, 0.05) is 35.2 Å². The molecular formula is C25H33Cl2N7O. The molecule has 2 saturated heterocycles. The third kappa shape index (κ3) is 5.88. The molecule has 1 aromatic heterocycles. The monoisotopic (exact) mass is 517 g/mol. The van der Waals surface area contributed by atoms with E-state index in [0.29, 0.717) is 33.8 Å². The molecule has 8 nitrogen and oxygen atoms in total. The van der Waals surface area contributed by atoms with Gasteiger partial charge in [-0.25, -0.2) is 9.97 Å². The average Bonchev–Trinajstić information content (AvgIpc) is 2.84. The highest BCUT2D eigenvalue weighted by atomic mass is 35.5. The lowest BCUT2D eigenvalue weighted by atomic mass is 9.96. The second kappa shape index (κ2) is 11.1. The Labute approximate surface area is 216 Å². The molecule has 0 radical (unpaired) electrons. The lowest BCUT2D eigenvalue weighted by molar-refractivity contribution is -0.112. The van der Waals surface area contributed by atoms with Gasteiger partial charge in [0.05, 0.1) is 12.2 Å². The molecule has 10 heteroatoms.